The number of hydrogen-bond acceptors (Lipinski definition) is 3. The van der Waals surface area contributed by atoms with Crippen LogP contribution in [0.4, 0.5) is 0 Å². The van der Waals surface area contributed by atoms with Crippen LogP contribution in [0, 0.1) is 22.7 Å². The lowest BCUT2D eigenvalue weighted by Crippen LogP contribution is -2.66. The number of fused-ring (bicyclic) bond motifs is 3. The fourth-order valence-corrected chi connectivity index (χ4v) is 6.80. The number of rotatable bonds is 2. The van der Waals surface area contributed by atoms with Crippen LogP contribution < -0.4 is 0 Å². The average molecular weight is 349 g/mol. The zero-order valence-electron chi connectivity index (χ0n) is 17.0. The number of carbonyl (C=O) groups excluding carboxylic acids is 1. The molecule has 1 heterocycles. The molecular formula is C22H36O3. The van der Waals surface area contributed by atoms with E-state index in [1.807, 2.05) is 13.0 Å². The van der Waals surface area contributed by atoms with E-state index in [9.17, 15) is 4.79 Å². The Morgan fingerprint density at radius 3 is 2.40 bits per heavy atom. The largest absolute Gasteiger partial charge is 0.459 e. The minimum Gasteiger partial charge on any atom is -0.459 e. The first-order valence-electron chi connectivity index (χ1n) is 9.98. The molecule has 0 amide bonds. The van der Waals surface area contributed by atoms with Crippen molar-refractivity contribution in [1.82, 2.24) is 0 Å². The minimum atomic E-state index is -0.607. The van der Waals surface area contributed by atoms with Gasteiger partial charge in [-0.2, -0.15) is 0 Å². The number of hydrogen-bond donors (Lipinski definition) is 0. The lowest BCUT2D eigenvalue weighted by molar-refractivity contribution is -0.284. The molecule has 3 fully saturated rings. The van der Waals surface area contributed by atoms with Crippen LogP contribution in [0.15, 0.2) is 12.7 Å². The van der Waals surface area contributed by atoms with E-state index in [1.165, 1.54) is 32.6 Å². The lowest BCUT2D eigenvalue weighted by Gasteiger charge is -2.66. The van der Waals surface area contributed by atoms with Gasteiger partial charge in [0.25, 0.3) is 0 Å². The third-order valence-corrected chi connectivity index (χ3v) is 7.99. The van der Waals surface area contributed by atoms with Crippen LogP contribution >= 0.6 is 0 Å². The first-order valence-corrected chi connectivity index (χ1v) is 9.98. The summed E-state index contributed by atoms with van der Waals surface area (Å²) in [5.74, 6) is 0.893. The molecule has 1 aliphatic heterocycles. The maximum atomic E-state index is 11.7. The van der Waals surface area contributed by atoms with E-state index >= 15 is 0 Å². The third-order valence-electron chi connectivity index (χ3n) is 7.99. The van der Waals surface area contributed by atoms with Crippen molar-refractivity contribution in [3.8, 4) is 0 Å². The van der Waals surface area contributed by atoms with Crippen LogP contribution in [0.3, 0.4) is 0 Å². The van der Waals surface area contributed by atoms with Gasteiger partial charge in [-0.05, 0) is 68.6 Å². The van der Waals surface area contributed by atoms with E-state index in [0.717, 1.165) is 12.8 Å². The van der Waals surface area contributed by atoms with Crippen LogP contribution in [-0.4, -0.2) is 23.3 Å². The van der Waals surface area contributed by atoms with Crippen LogP contribution in [0.2, 0.25) is 0 Å². The van der Waals surface area contributed by atoms with Gasteiger partial charge in [-0.15, -0.1) is 6.58 Å². The molecule has 3 nitrogen and oxygen atoms in total. The highest BCUT2D eigenvalue weighted by molar-refractivity contribution is 5.66. The zero-order valence-corrected chi connectivity index (χ0v) is 17.0. The summed E-state index contributed by atoms with van der Waals surface area (Å²) in [7, 11) is 0. The van der Waals surface area contributed by atoms with Crippen molar-refractivity contribution >= 4 is 5.97 Å². The van der Waals surface area contributed by atoms with E-state index in [4.69, 9.17) is 9.47 Å². The highest BCUT2D eigenvalue weighted by atomic mass is 16.6. The van der Waals surface area contributed by atoms with E-state index in [-0.39, 0.29) is 23.1 Å². The second-order valence-electron chi connectivity index (χ2n) is 10.1. The average Bonchev–Trinajstić information content (AvgIpc) is 2.47. The monoisotopic (exact) mass is 348 g/mol. The van der Waals surface area contributed by atoms with Gasteiger partial charge in [0.05, 0.1) is 5.60 Å². The normalized spacial score (nSPS) is 48.8. The number of carbonyl (C=O) groups is 1. The van der Waals surface area contributed by atoms with Gasteiger partial charge in [0.1, 0.15) is 11.7 Å². The molecule has 25 heavy (non-hydrogen) atoms. The molecule has 0 aromatic carbocycles. The fourth-order valence-electron chi connectivity index (χ4n) is 6.80. The summed E-state index contributed by atoms with van der Waals surface area (Å²) < 4.78 is 12.4. The number of esters is 1. The summed E-state index contributed by atoms with van der Waals surface area (Å²) in [6.07, 6.45) is 8.62. The molecule has 2 aliphatic carbocycles. The van der Waals surface area contributed by atoms with Crippen LogP contribution in [-0.2, 0) is 14.3 Å². The fraction of sp³-hybridized carbons (Fsp3) is 0.864. The summed E-state index contributed by atoms with van der Waals surface area (Å²) in [5.41, 5.74) is -0.150. The van der Waals surface area contributed by atoms with Gasteiger partial charge in [0.2, 0.25) is 0 Å². The predicted octanol–water partition coefficient (Wildman–Crippen LogP) is 5.28. The Morgan fingerprint density at radius 2 is 1.80 bits per heavy atom. The quantitative estimate of drug-likeness (QED) is 0.503. The molecule has 1 saturated heterocycles. The summed E-state index contributed by atoms with van der Waals surface area (Å²) in [6.45, 7) is 17.2. The van der Waals surface area contributed by atoms with E-state index in [0.29, 0.717) is 17.3 Å². The standard InChI is InChI=1S/C22H36O3/c1-8-21(6)18(24-15(2)23)14-17-20(5)12-9-11-19(3,4)16(20)10-13-22(17,7)25-21/h8,16-18H,1,9-14H2,2-7H3/t16?,17?,18-,20-,21+,22+/m1/s1. The number of ether oxygens (including phenoxy) is 2. The third kappa shape index (κ3) is 2.87. The molecule has 3 rings (SSSR count). The van der Waals surface area contributed by atoms with Gasteiger partial charge in [-0.1, -0.05) is 33.3 Å². The Bertz CT molecular complexity index is 568. The van der Waals surface area contributed by atoms with Crippen molar-refractivity contribution in [2.24, 2.45) is 22.7 Å². The van der Waals surface area contributed by atoms with Gasteiger partial charge >= 0.3 is 5.97 Å². The molecular weight excluding hydrogens is 312 g/mol. The summed E-state index contributed by atoms with van der Waals surface area (Å²) >= 11 is 0. The van der Waals surface area contributed by atoms with Gasteiger partial charge in [-0.3, -0.25) is 4.79 Å². The lowest BCUT2D eigenvalue weighted by atomic mass is 9.44. The molecule has 142 valence electrons. The Labute approximate surface area is 153 Å². The summed E-state index contributed by atoms with van der Waals surface area (Å²) in [6, 6.07) is 0. The molecule has 2 unspecified atom stereocenters. The molecule has 3 aliphatic rings. The maximum absolute atomic E-state index is 11.7. The maximum Gasteiger partial charge on any atom is 0.303 e. The van der Waals surface area contributed by atoms with Crippen molar-refractivity contribution in [1.29, 1.82) is 0 Å². The molecule has 0 aromatic rings. The second-order valence-corrected chi connectivity index (χ2v) is 10.1. The minimum absolute atomic E-state index is 0.168. The summed E-state index contributed by atoms with van der Waals surface area (Å²) in [4.78, 5) is 11.7. The highest BCUT2D eigenvalue weighted by Gasteiger charge is 2.63. The van der Waals surface area contributed by atoms with Crippen LogP contribution in [0.1, 0.15) is 80.1 Å². The molecule has 6 atom stereocenters. The van der Waals surface area contributed by atoms with Crippen molar-refractivity contribution in [3.05, 3.63) is 12.7 Å². The first kappa shape index (κ1) is 18.9. The molecule has 3 heteroatoms. The van der Waals surface area contributed by atoms with Crippen molar-refractivity contribution in [3.63, 3.8) is 0 Å². The highest BCUT2D eigenvalue weighted by Crippen LogP contribution is 2.65. The van der Waals surface area contributed by atoms with Gasteiger partial charge in [-0.25, -0.2) is 0 Å². The Kier molecular flexibility index (Phi) is 4.42. The summed E-state index contributed by atoms with van der Waals surface area (Å²) in [5, 5.41) is 0. The van der Waals surface area contributed by atoms with E-state index in [2.05, 4.69) is 34.3 Å². The second kappa shape index (κ2) is 5.84. The molecule has 0 N–H and O–H groups in total. The van der Waals surface area contributed by atoms with Gasteiger partial charge < -0.3 is 9.47 Å². The topological polar surface area (TPSA) is 35.5 Å². The van der Waals surface area contributed by atoms with Crippen molar-refractivity contribution in [2.45, 2.75) is 97.4 Å². The molecule has 0 spiro atoms. The molecule has 0 aromatic heterocycles. The van der Waals surface area contributed by atoms with E-state index in [1.54, 1.807) is 0 Å². The van der Waals surface area contributed by atoms with Gasteiger partial charge in [0.15, 0.2) is 0 Å². The zero-order chi connectivity index (χ0) is 18.7. The molecule has 0 radical (unpaired) electrons. The Hall–Kier alpha value is -0.830. The van der Waals surface area contributed by atoms with Crippen LogP contribution in [0.25, 0.3) is 0 Å². The van der Waals surface area contributed by atoms with Crippen LogP contribution in [0.5, 0.6) is 0 Å². The Balaban J connectivity index is 1.99. The SMILES string of the molecule is C=C[C@]1(C)O[C@@]2(C)CCC3C(C)(C)CCC[C@@]3(C)C2C[C@H]1OC(C)=O. The first-order chi connectivity index (χ1) is 11.5. The predicted molar refractivity (Wildman–Crippen MR) is 100 cm³/mol. The Morgan fingerprint density at radius 1 is 1.12 bits per heavy atom. The molecule has 2 saturated carbocycles. The van der Waals surface area contributed by atoms with Gasteiger partial charge in [0, 0.05) is 6.92 Å². The van der Waals surface area contributed by atoms with Crippen molar-refractivity contribution in [2.75, 3.05) is 0 Å². The van der Waals surface area contributed by atoms with E-state index < -0.39 is 5.60 Å². The molecule has 0 bridgehead atoms. The van der Waals surface area contributed by atoms with Crippen molar-refractivity contribution < 1.29 is 14.3 Å². The smallest absolute Gasteiger partial charge is 0.303 e.